The van der Waals surface area contributed by atoms with E-state index in [2.05, 4.69) is 34.0 Å². The first-order valence-electron chi connectivity index (χ1n) is 47.8. The summed E-state index contributed by atoms with van der Waals surface area (Å²) in [6.07, 6.45) is 16.9. The average Bonchev–Trinajstić information content (AvgIpc) is 1.74. The molecule has 146 heavy (non-hydrogen) atoms. The summed E-state index contributed by atoms with van der Waals surface area (Å²) < 4.78 is 11.0. The van der Waals surface area contributed by atoms with Crippen molar-refractivity contribution in [2.75, 3.05) is 0 Å². The maximum absolute atomic E-state index is 12.8. The van der Waals surface area contributed by atoms with Crippen LogP contribution >= 0.6 is 23.2 Å². The summed E-state index contributed by atoms with van der Waals surface area (Å²) in [4.78, 5) is 127. The van der Waals surface area contributed by atoms with Gasteiger partial charge in [0.1, 0.15) is 16.7 Å². The molecule has 2 aliphatic carbocycles. The van der Waals surface area contributed by atoms with E-state index >= 15 is 0 Å². The van der Waals surface area contributed by atoms with Crippen LogP contribution in [0.2, 0.25) is 10.0 Å². The highest BCUT2D eigenvalue weighted by molar-refractivity contribution is 6.38. The molecule has 784 valence electrons. The van der Waals surface area contributed by atoms with Gasteiger partial charge < -0.3 is 120 Å². The number of aromatic amines is 1. The molecule has 0 bridgehead atoms. The Morgan fingerprint density at radius 3 is 1.10 bits per heavy atom. The number of H-pyrrole nitrogens is 1. The summed E-state index contributed by atoms with van der Waals surface area (Å²) in [5, 5.41) is 142. The number of aromatic hydroxyl groups is 14. The molecule has 16 rings (SSSR count). The normalized spacial score (nSPS) is 12.8. The van der Waals surface area contributed by atoms with Gasteiger partial charge >= 0.3 is 0 Å². The van der Waals surface area contributed by atoms with Gasteiger partial charge in [-0.25, -0.2) is 0 Å². The van der Waals surface area contributed by atoms with Crippen LogP contribution in [0.15, 0.2) is 150 Å². The number of primary amides is 1. The molecule has 34 nitrogen and oxygen atoms in total. The van der Waals surface area contributed by atoms with Gasteiger partial charge in [0.15, 0.2) is 102 Å². The second-order valence-electron chi connectivity index (χ2n) is 43.5. The van der Waals surface area contributed by atoms with E-state index in [0.717, 1.165) is 31.2 Å². The lowest BCUT2D eigenvalue weighted by Gasteiger charge is -2.27. The van der Waals surface area contributed by atoms with E-state index in [-0.39, 0.29) is 168 Å². The molecule has 2 aliphatic rings. The fourth-order valence-electron chi connectivity index (χ4n) is 16.0. The predicted molar refractivity (Wildman–Crippen MR) is 574 cm³/mol. The molecule has 7 heterocycles. The van der Waals surface area contributed by atoms with Crippen LogP contribution in [0.25, 0.3) is 76.3 Å². The van der Waals surface area contributed by atoms with Crippen LogP contribution in [0.3, 0.4) is 0 Å². The standard InChI is InChI=1S/C17H21ClN2O4.C17H20N2O4.C16H19NO3.C16H21NO3.C15H19NO3.C13H13ClN2O4.C13H15NO3.C3H8/c1-8(2)19-16(24)9-7-20(17(3,4)5)10-6-11(21)15(23)13(18)12(10)14(9)22;1-17(2,3)18-16(23)11-8-19(9-4-5-9)12-7-14(21)13(20)6-10(12)15(11)22;1-16(2,3)11-8-17(9-4-5-9)12-7-14(19)13(18)6-10(12)15(11)20;1-9(2)17-8-11(16(3,4)5)15(20)10-6-13(18)14(19)7-12(10)17;1-5-16-8-10(15(2,3)4)14(19)9-6-12(17)13(18)7-11(9)16;1-5(2)16-4-6(13(15)20)11(18)9-7(16)3-8(17)12(19)10(9)14;1-13(2,3)8-6-14-9-5-11(16)10(15)4-7(9)12(8)17;1-3-2/h6-8,21,23H,1-5H3,(H,19,24);6-9,20-21H,4-5H2,1-3H3,(H,18,23);6-9,18-19H,4-5H2,1-3H3;6-9,18-19H,1-5H3;6-8,17-18H,5H2,1-4H3;3-5,17,19H,1-2H3,(H2,15,20);4-6,15-16H,1-3H3,(H,14,17);3H2,1-2H3. The third-order valence-corrected chi connectivity index (χ3v) is 24.6. The molecule has 7 aromatic carbocycles. The van der Waals surface area contributed by atoms with Crippen molar-refractivity contribution in [3.8, 4) is 80.5 Å². The molecular formula is C110H136Cl2N10O24. The topological polar surface area (TPSA) is 549 Å². The van der Waals surface area contributed by atoms with Crippen molar-refractivity contribution in [3.63, 3.8) is 0 Å². The fraction of sp³-hybridized carbons (Fsp3) is 0.400. The maximum atomic E-state index is 12.8. The monoisotopic (exact) mass is 2050 g/mol. The number of nitrogens with two attached hydrogens (primary N) is 1. The quantitative estimate of drug-likeness (QED) is 0.0597. The predicted octanol–water partition coefficient (Wildman–Crippen LogP) is 19.7. The summed E-state index contributed by atoms with van der Waals surface area (Å²) in [6.45, 7) is 53.1. The Kier molecular flexibility index (Phi) is 34.3. The first-order valence-corrected chi connectivity index (χ1v) is 48.6. The van der Waals surface area contributed by atoms with Crippen LogP contribution in [-0.4, -0.2) is 133 Å². The number of hydrogen-bond donors (Lipinski definition) is 18. The van der Waals surface area contributed by atoms with Crippen molar-refractivity contribution in [3.05, 3.63) is 237 Å². The number of halogens is 2. The van der Waals surface area contributed by atoms with E-state index in [0.29, 0.717) is 89.4 Å². The third-order valence-electron chi connectivity index (χ3n) is 23.9. The van der Waals surface area contributed by atoms with Crippen molar-refractivity contribution in [2.45, 2.75) is 289 Å². The van der Waals surface area contributed by atoms with E-state index in [4.69, 9.17) is 28.9 Å². The smallest absolute Gasteiger partial charge is 0.257 e. The minimum atomic E-state index is -0.880. The minimum Gasteiger partial charge on any atom is -0.504 e. The van der Waals surface area contributed by atoms with E-state index in [1.54, 1.807) is 35.4 Å². The number of rotatable bonds is 9. The SMILES string of the molecule is CC(C)(C)NC(=O)c1cn(C2CC2)c2cc(O)c(O)cc2c1=O.CC(C)(C)c1c[nH]c2cc(O)c(O)cc2c1=O.CC(C)(C)c1cn(C2CC2)c2cc(O)c(O)cc2c1=O.CC(C)NC(=O)c1cn(C(C)(C)C)c2cc(O)c(O)c(Cl)c2c1=O.CC(C)n1cc(C(C)(C)C)c(=O)c2cc(O)c(O)cc21.CC(C)n1cc(C(N)=O)c(=O)c2c(Cl)c(O)c(O)cc21.CCC.CCn1cc(C(C)(C)C)c(=O)c2cc(O)c(O)cc21. The van der Waals surface area contributed by atoms with Gasteiger partial charge in [-0.3, -0.25) is 47.9 Å². The number of phenolic OH excluding ortho intramolecular Hbond substituents is 14. The number of hydrogen-bond acceptors (Lipinski definition) is 24. The first kappa shape index (κ1) is 115. The highest BCUT2D eigenvalue weighted by Gasteiger charge is 2.34. The number of amides is 3. The van der Waals surface area contributed by atoms with Crippen molar-refractivity contribution in [1.29, 1.82) is 0 Å². The number of fused-ring (bicyclic) bond motifs is 7. The number of carbonyl (C=O) groups is 3. The summed E-state index contributed by atoms with van der Waals surface area (Å²) >= 11 is 12.0. The lowest BCUT2D eigenvalue weighted by molar-refractivity contribution is 0.0914. The molecule has 2 fully saturated rings. The second-order valence-corrected chi connectivity index (χ2v) is 44.3. The summed E-state index contributed by atoms with van der Waals surface area (Å²) in [5.74, 6) is -6.45. The molecule has 0 unspecified atom stereocenters. The Hall–Kier alpha value is -14.8. The second kappa shape index (κ2) is 43.6. The fourth-order valence-corrected chi connectivity index (χ4v) is 16.6. The van der Waals surface area contributed by atoms with Crippen molar-refractivity contribution in [1.82, 2.24) is 43.0 Å². The molecule has 0 aliphatic heterocycles. The van der Waals surface area contributed by atoms with Crippen LogP contribution in [0.5, 0.6) is 80.5 Å². The summed E-state index contributed by atoms with van der Waals surface area (Å²) in [6, 6.07) is 16.6. The van der Waals surface area contributed by atoms with Crippen LogP contribution < -0.4 is 54.4 Å². The lowest BCUT2D eigenvalue weighted by Crippen LogP contribution is -2.42. The lowest BCUT2D eigenvalue weighted by atomic mass is 9.87. The van der Waals surface area contributed by atoms with Crippen molar-refractivity contribution in [2.24, 2.45) is 5.73 Å². The maximum Gasteiger partial charge on any atom is 0.257 e. The number of aryl methyl sites for hydroxylation is 1. The van der Waals surface area contributed by atoms with Gasteiger partial charge in [0.25, 0.3) is 17.7 Å². The molecule has 7 aromatic heterocycles. The van der Waals surface area contributed by atoms with Gasteiger partial charge in [-0.2, -0.15) is 0 Å². The van der Waals surface area contributed by atoms with Crippen LogP contribution in [0.4, 0.5) is 0 Å². The number of aromatic nitrogens is 7. The summed E-state index contributed by atoms with van der Waals surface area (Å²) in [5.41, 5.74) is 7.25. The molecule has 19 N–H and O–H groups in total. The molecule has 0 radical (unpaired) electrons. The first-order chi connectivity index (χ1) is 67.3. The van der Waals surface area contributed by atoms with Gasteiger partial charge in [-0.15, -0.1) is 0 Å². The number of nitrogens with one attached hydrogen (secondary N) is 3. The molecule has 0 saturated heterocycles. The Balaban J connectivity index is 0.000000189. The Labute approximate surface area is 852 Å². The van der Waals surface area contributed by atoms with E-state index in [9.17, 15) is 119 Å². The van der Waals surface area contributed by atoms with Gasteiger partial charge in [-0.1, -0.05) is 127 Å². The van der Waals surface area contributed by atoms with Gasteiger partial charge in [0, 0.05) is 177 Å². The Morgan fingerprint density at radius 2 is 0.705 bits per heavy atom. The molecule has 36 heteroatoms. The van der Waals surface area contributed by atoms with E-state index in [1.165, 1.54) is 91.6 Å². The minimum absolute atomic E-state index is 0.00158. The highest BCUT2D eigenvalue weighted by Crippen LogP contribution is 2.45. The largest absolute Gasteiger partial charge is 0.504 e. The molecule has 3 amide bonds. The zero-order chi connectivity index (χ0) is 110. The van der Waals surface area contributed by atoms with Crippen LogP contribution in [0.1, 0.15) is 297 Å². The van der Waals surface area contributed by atoms with Crippen LogP contribution in [0, 0.1) is 0 Å². The number of phenols is 14. The number of benzene rings is 7. The van der Waals surface area contributed by atoms with Crippen molar-refractivity contribution < 1.29 is 85.9 Å². The molecular weight excluding hydrogens is 1920 g/mol. The van der Waals surface area contributed by atoms with Gasteiger partial charge in [0.2, 0.25) is 16.3 Å². The summed E-state index contributed by atoms with van der Waals surface area (Å²) in [7, 11) is 0. The number of nitrogens with zero attached hydrogens (tertiary/aromatic N) is 6. The van der Waals surface area contributed by atoms with Gasteiger partial charge in [0.05, 0.1) is 64.8 Å². The molecule has 0 spiro atoms. The van der Waals surface area contributed by atoms with E-state index < -0.39 is 68.1 Å². The third kappa shape index (κ3) is 25.4. The molecule has 0 atom stereocenters. The molecule has 2 saturated carbocycles. The van der Waals surface area contributed by atoms with Crippen molar-refractivity contribution >= 4 is 117 Å². The van der Waals surface area contributed by atoms with Crippen LogP contribution in [-0.2, 0) is 33.7 Å². The Bertz CT molecular complexity index is 7810. The van der Waals surface area contributed by atoms with E-state index in [1.807, 2.05) is 192 Å². The van der Waals surface area contributed by atoms with Gasteiger partial charge in [-0.05, 0) is 168 Å². The highest BCUT2D eigenvalue weighted by atomic mass is 35.5. The number of pyridine rings is 7. The zero-order valence-corrected chi connectivity index (χ0v) is 89.0. The average molecular weight is 2050 g/mol. The number of carbonyl (C=O) groups excluding carboxylic acids is 3. The molecule has 14 aromatic rings. The zero-order valence-electron chi connectivity index (χ0n) is 87.5. The Morgan fingerprint density at radius 1 is 0.377 bits per heavy atom.